The van der Waals surface area contributed by atoms with Crippen LogP contribution in [0.4, 0.5) is 0 Å². The SMILES string of the molecule is O=C(/C(=C\C(=C\c1cccc(Br)c1)c1cccc(Br)c1)c1ccccc1)N1CCCC1. The summed E-state index contributed by atoms with van der Waals surface area (Å²) in [5.41, 5.74) is 4.78. The summed E-state index contributed by atoms with van der Waals surface area (Å²) in [6.07, 6.45) is 6.31. The van der Waals surface area contributed by atoms with E-state index in [-0.39, 0.29) is 5.91 Å². The van der Waals surface area contributed by atoms with E-state index < -0.39 is 0 Å². The zero-order chi connectivity index (χ0) is 21.6. The summed E-state index contributed by atoms with van der Waals surface area (Å²) in [7, 11) is 0. The topological polar surface area (TPSA) is 20.3 Å². The van der Waals surface area contributed by atoms with Gasteiger partial charge in [0.2, 0.25) is 0 Å². The molecule has 1 fully saturated rings. The van der Waals surface area contributed by atoms with Gasteiger partial charge in [0, 0.05) is 27.6 Å². The monoisotopic (exact) mass is 535 g/mol. The fourth-order valence-corrected chi connectivity index (χ4v) is 4.60. The Labute approximate surface area is 200 Å². The Hall–Kier alpha value is -2.43. The van der Waals surface area contributed by atoms with Crippen molar-refractivity contribution in [1.29, 1.82) is 0 Å². The minimum absolute atomic E-state index is 0.0961. The molecule has 1 heterocycles. The lowest BCUT2D eigenvalue weighted by Crippen LogP contribution is -2.28. The highest BCUT2D eigenvalue weighted by atomic mass is 79.9. The standard InChI is InChI=1S/C27H23Br2NO/c28-24-12-6-8-20(17-24)16-23(22-11-7-13-25(29)18-22)19-26(21-9-2-1-3-10-21)27(31)30-14-4-5-15-30/h1-3,6-13,16-19H,4-5,14-15H2/b23-16-,26-19-. The first-order valence-electron chi connectivity index (χ1n) is 10.4. The number of carbonyl (C=O) groups is 1. The Morgan fingerprint density at radius 3 is 2.10 bits per heavy atom. The molecule has 156 valence electrons. The first-order chi connectivity index (χ1) is 15.1. The number of likely N-dealkylation sites (tertiary alicyclic amines) is 1. The molecule has 31 heavy (non-hydrogen) atoms. The van der Waals surface area contributed by atoms with Crippen LogP contribution in [-0.4, -0.2) is 23.9 Å². The largest absolute Gasteiger partial charge is 0.339 e. The molecule has 3 aromatic carbocycles. The van der Waals surface area contributed by atoms with Crippen molar-refractivity contribution in [2.75, 3.05) is 13.1 Å². The number of allylic oxidation sites excluding steroid dienone is 2. The van der Waals surface area contributed by atoms with Crippen molar-refractivity contribution in [3.05, 3.63) is 111 Å². The summed E-state index contributed by atoms with van der Waals surface area (Å²) in [6, 6.07) is 26.3. The summed E-state index contributed by atoms with van der Waals surface area (Å²) >= 11 is 7.15. The van der Waals surface area contributed by atoms with E-state index in [1.54, 1.807) is 0 Å². The van der Waals surface area contributed by atoms with Crippen LogP contribution >= 0.6 is 31.9 Å². The lowest BCUT2D eigenvalue weighted by molar-refractivity contribution is -0.124. The third kappa shape index (κ3) is 5.63. The molecule has 0 unspecified atom stereocenters. The van der Waals surface area contributed by atoms with Gasteiger partial charge in [0.1, 0.15) is 0 Å². The van der Waals surface area contributed by atoms with Gasteiger partial charge in [0.05, 0.1) is 0 Å². The molecule has 0 aromatic heterocycles. The molecular formula is C27H23Br2NO. The Balaban J connectivity index is 1.87. The van der Waals surface area contributed by atoms with Crippen molar-refractivity contribution in [2.45, 2.75) is 12.8 Å². The maximum Gasteiger partial charge on any atom is 0.254 e. The number of halogens is 2. The fourth-order valence-electron chi connectivity index (χ4n) is 3.78. The van der Waals surface area contributed by atoms with Crippen molar-refractivity contribution in [3.63, 3.8) is 0 Å². The Morgan fingerprint density at radius 2 is 1.42 bits per heavy atom. The van der Waals surface area contributed by atoms with Crippen LogP contribution in [-0.2, 0) is 4.79 Å². The minimum atomic E-state index is 0.0961. The van der Waals surface area contributed by atoms with Gasteiger partial charge < -0.3 is 4.90 Å². The lowest BCUT2D eigenvalue weighted by atomic mass is 9.96. The van der Waals surface area contributed by atoms with Gasteiger partial charge in [-0.2, -0.15) is 0 Å². The number of amides is 1. The van der Waals surface area contributed by atoms with Crippen LogP contribution < -0.4 is 0 Å². The molecule has 1 saturated heterocycles. The van der Waals surface area contributed by atoms with Crippen LogP contribution in [0.3, 0.4) is 0 Å². The smallest absolute Gasteiger partial charge is 0.254 e. The first kappa shape index (κ1) is 21.8. The normalized spacial score (nSPS) is 14.7. The Bertz CT molecular complexity index is 1130. The average Bonchev–Trinajstić information content (AvgIpc) is 3.32. The van der Waals surface area contributed by atoms with Crippen molar-refractivity contribution in [1.82, 2.24) is 4.90 Å². The lowest BCUT2D eigenvalue weighted by Gasteiger charge is -2.18. The van der Waals surface area contributed by atoms with Gasteiger partial charge in [0.15, 0.2) is 0 Å². The van der Waals surface area contributed by atoms with E-state index >= 15 is 0 Å². The molecule has 4 rings (SSSR count). The molecular weight excluding hydrogens is 514 g/mol. The highest BCUT2D eigenvalue weighted by molar-refractivity contribution is 9.10. The van der Waals surface area contributed by atoms with Crippen LogP contribution in [0, 0.1) is 0 Å². The van der Waals surface area contributed by atoms with Gasteiger partial charge in [0.25, 0.3) is 5.91 Å². The summed E-state index contributed by atoms with van der Waals surface area (Å²) < 4.78 is 2.03. The molecule has 2 nitrogen and oxygen atoms in total. The number of benzene rings is 3. The number of hydrogen-bond acceptors (Lipinski definition) is 1. The van der Waals surface area contributed by atoms with Crippen LogP contribution in [0.2, 0.25) is 0 Å². The summed E-state index contributed by atoms with van der Waals surface area (Å²) in [6.45, 7) is 1.65. The maximum atomic E-state index is 13.5. The zero-order valence-electron chi connectivity index (χ0n) is 17.1. The number of rotatable bonds is 5. The third-order valence-corrected chi connectivity index (χ3v) is 6.32. The molecule has 0 atom stereocenters. The van der Waals surface area contributed by atoms with Crippen LogP contribution in [0.25, 0.3) is 17.2 Å². The van der Waals surface area contributed by atoms with Gasteiger partial charge in [-0.3, -0.25) is 4.79 Å². The second kappa shape index (κ2) is 10.3. The van der Waals surface area contributed by atoms with Crippen LogP contribution in [0.5, 0.6) is 0 Å². The first-order valence-corrected chi connectivity index (χ1v) is 12.0. The van der Waals surface area contributed by atoms with Crippen LogP contribution in [0.1, 0.15) is 29.5 Å². The third-order valence-electron chi connectivity index (χ3n) is 5.34. The fraction of sp³-hybridized carbons (Fsp3) is 0.148. The highest BCUT2D eigenvalue weighted by Crippen LogP contribution is 2.29. The van der Waals surface area contributed by atoms with E-state index in [0.717, 1.165) is 62.7 Å². The van der Waals surface area contributed by atoms with E-state index in [2.05, 4.69) is 62.2 Å². The predicted molar refractivity (Wildman–Crippen MR) is 136 cm³/mol. The molecule has 1 aliphatic heterocycles. The van der Waals surface area contributed by atoms with Crippen molar-refractivity contribution < 1.29 is 4.79 Å². The summed E-state index contributed by atoms with van der Waals surface area (Å²) in [5, 5.41) is 0. The number of hydrogen-bond donors (Lipinski definition) is 0. The van der Waals surface area contributed by atoms with Crippen molar-refractivity contribution in [2.24, 2.45) is 0 Å². The van der Waals surface area contributed by atoms with E-state index in [9.17, 15) is 4.79 Å². The zero-order valence-corrected chi connectivity index (χ0v) is 20.3. The molecule has 0 radical (unpaired) electrons. The van der Waals surface area contributed by atoms with E-state index in [1.165, 1.54) is 0 Å². The molecule has 0 N–H and O–H groups in total. The van der Waals surface area contributed by atoms with Gasteiger partial charge >= 0.3 is 0 Å². The van der Waals surface area contributed by atoms with E-state index in [1.807, 2.05) is 65.6 Å². The number of nitrogens with zero attached hydrogens (tertiary/aromatic N) is 1. The maximum absolute atomic E-state index is 13.5. The number of carbonyl (C=O) groups excluding carboxylic acids is 1. The predicted octanol–water partition coefficient (Wildman–Crippen LogP) is 7.46. The highest BCUT2D eigenvalue weighted by Gasteiger charge is 2.23. The molecule has 0 aliphatic carbocycles. The van der Waals surface area contributed by atoms with Crippen molar-refractivity contribution >= 4 is 55.0 Å². The quantitative estimate of drug-likeness (QED) is 0.188. The van der Waals surface area contributed by atoms with E-state index in [0.29, 0.717) is 0 Å². The van der Waals surface area contributed by atoms with Gasteiger partial charge in [-0.25, -0.2) is 0 Å². The average molecular weight is 537 g/mol. The molecule has 1 amide bonds. The minimum Gasteiger partial charge on any atom is -0.339 e. The summed E-state index contributed by atoms with van der Waals surface area (Å²) in [4.78, 5) is 15.5. The van der Waals surface area contributed by atoms with Crippen LogP contribution in [0.15, 0.2) is 93.9 Å². The Kier molecular flexibility index (Phi) is 7.21. The second-order valence-electron chi connectivity index (χ2n) is 7.59. The second-order valence-corrected chi connectivity index (χ2v) is 9.42. The molecule has 0 bridgehead atoms. The summed E-state index contributed by atoms with van der Waals surface area (Å²) in [5.74, 6) is 0.0961. The molecule has 1 aliphatic rings. The Morgan fingerprint density at radius 1 is 0.774 bits per heavy atom. The molecule has 3 aromatic rings. The van der Waals surface area contributed by atoms with Gasteiger partial charge in [-0.15, -0.1) is 0 Å². The van der Waals surface area contributed by atoms with Gasteiger partial charge in [-0.1, -0.05) is 86.5 Å². The van der Waals surface area contributed by atoms with Gasteiger partial charge in [-0.05, 0) is 71.5 Å². The molecule has 0 saturated carbocycles. The molecule has 0 spiro atoms. The van der Waals surface area contributed by atoms with Crippen molar-refractivity contribution in [3.8, 4) is 0 Å². The van der Waals surface area contributed by atoms with E-state index in [4.69, 9.17) is 0 Å². The molecule has 4 heteroatoms.